The molecule has 0 atom stereocenters. The molecule has 2 rings (SSSR count). The van der Waals surface area contributed by atoms with Gasteiger partial charge < -0.3 is 20.2 Å². The number of amides is 1. The molecule has 1 heterocycles. The standard InChI is InChI=1S/C14H16N2O4/c1-9(17)16-7-6-15-8-11-10-4-2-3-5-12(10)20-13(11)14(18)19/h2-5,15H,6-8H2,1H3,(H,16,17)(H,18,19). The molecule has 0 bridgehead atoms. The minimum atomic E-state index is -1.08. The van der Waals surface area contributed by atoms with E-state index in [2.05, 4.69) is 10.6 Å². The fraction of sp³-hybridized carbons (Fsp3) is 0.286. The number of hydrogen-bond donors (Lipinski definition) is 3. The third-order valence-electron chi connectivity index (χ3n) is 2.87. The highest BCUT2D eigenvalue weighted by molar-refractivity contribution is 5.95. The lowest BCUT2D eigenvalue weighted by Crippen LogP contribution is -2.30. The zero-order valence-electron chi connectivity index (χ0n) is 11.1. The molecule has 3 N–H and O–H groups in total. The van der Waals surface area contributed by atoms with Crippen LogP contribution in [0.2, 0.25) is 0 Å². The van der Waals surface area contributed by atoms with Crippen molar-refractivity contribution in [3.63, 3.8) is 0 Å². The van der Waals surface area contributed by atoms with E-state index in [1.54, 1.807) is 12.1 Å². The number of para-hydroxylation sites is 1. The van der Waals surface area contributed by atoms with E-state index >= 15 is 0 Å². The molecule has 6 nitrogen and oxygen atoms in total. The average molecular weight is 276 g/mol. The molecule has 0 saturated heterocycles. The zero-order valence-corrected chi connectivity index (χ0v) is 11.1. The third kappa shape index (κ3) is 3.16. The van der Waals surface area contributed by atoms with Crippen LogP contribution < -0.4 is 10.6 Å². The maximum Gasteiger partial charge on any atom is 0.372 e. The van der Waals surface area contributed by atoms with Crippen molar-refractivity contribution in [2.45, 2.75) is 13.5 Å². The first kappa shape index (κ1) is 14.1. The molecule has 0 radical (unpaired) electrons. The van der Waals surface area contributed by atoms with Gasteiger partial charge in [0.1, 0.15) is 5.58 Å². The molecule has 0 fully saturated rings. The van der Waals surface area contributed by atoms with Gasteiger partial charge in [0, 0.05) is 37.5 Å². The van der Waals surface area contributed by atoms with Crippen LogP contribution in [0.5, 0.6) is 0 Å². The third-order valence-corrected chi connectivity index (χ3v) is 2.87. The summed E-state index contributed by atoms with van der Waals surface area (Å²) >= 11 is 0. The summed E-state index contributed by atoms with van der Waals surface area (Å²) < 4.78 is 5.35. The van der Waals surface area contributed by atoms with Gasteiger partial charge in [0.05, 0.1) is 0 Å². The molecule has 0 aliphatic carbocycles. The van der Waals surface area contributed by atoms with Crippen molar-refractivity contribution in [3.05, 3.63) is 35.6 Å². The summed E-state index contributed by atoms with van der Waals surface area (Å²) in [5, 5.41) is 15.7. The van der Waals surface area contributed by atoms with Gasteiger partial charge in [-0.2, -0.15) is 0 Å². The first-order chi connectivity index (χ1) is 9.59. The van der Waals surface area contributed by atoms with Crippen LogP contribution in [0.15, 0.2) is 28.7 Å². The van der Waals surface area contributed by atoms with E-state index in [1.165, 1.54) is 6.92 Å². The van der Waals surface area contributed by atoms with Crippen LogP contribution in [0.25, 0.3) is 11.0 Å². The Morgan fingerprint density at radius 2 is 2.00 bits per heavy atom. The molecule has 1 amide bonds. The molecular formula is C14H16N2O4. The van der Waals surface area contributed by atoms with Crippen LogP contribution in [0.1, 0.15) is 23.0 Å². The molecule has 2 aromatic rings. The Morgan fingerprint density at radius 3 is 2.70 bits per heavy atom. The summed E-state index contributed by atoms with van der Waals surface area (Å²) in [5.41, 5.74) is 1.18. The quantitative estimate of drug-likeness (QED) is 0.693. The minimum Gasteiger partial charge on any atom is -0.475 e. The van der Waals surface area contributed by atoms with Gasteiger partial charge in [0.15, 0.2) is 0 Å². The summed E-state index contributed by atoms with van der Waals surface area (Å²) in [6.45, 7) is 2.87. The Kier molecular flexibility index (Phi) is 4.37. The first-order valence-corrected chi connectivity index (χ1v) is 6.28. The summed E-state index contributed by atoms with van der Waals surface area (Å²) in [6.07, 6.45) is 0. The lowest BCUT2D eigenvalue weighted by Gasteiger charge is -2.05. The molecule has 106 valence electrons. The van der Waals surface area contributed by atoms with Crippen LogP contribution in [-0.2, 0) is 11.3 Å². The predicted octanol–water partition coefficient (Wildman–Crippen LogP) is 1.36. The monoisotopic (exact) mass is 276 g/mol. The van der Waals surface area contributed by atoms with Crippen molar-refractivity contribution in [3.8, 4) is 0 Å². The molecule has 1 aromatic carbocycles. The molecule has 0 saturated carbocycles. The molecule has 1 aromatic heterocycles. The predicted molar refractivity (Wildman–Crippen MR) is 73.6 cm³/mol. The summed E-state index contributed by atoms with van der Waals surface area (Å²) in [4.78, 5) is 21.9. The SMILES string of the molecule is CC(=O)NCCNCc1c(C(=O)O)oc2ccccc12. The number of rotatable bonds is 6. The second-order valence-electron chi connectivity index (χ2n) is 4.37. The zero-order chi connectivity index (χ0) is 14.5. The number of nitrogens with one attached hydrogen (secondary N) is 2. The van der Waals surface area contributed by atoms with Gasteiger partial charge >= 0.3 is 5.97 Å². The van der Waals surface area contributed by atoms with Gasteiger partial charge in [-0.3, -0.25) is 4.79 Å². The van der Waals surface area contributed by atoms with Gasteiger partial charge in [-0.25, -0.2) is 4.79 Å². The highest BCUT2D eigenvalue weighted by Gasteiger charge is 2.18. The smallest absolute Gasteiger partial charge is 0.372 e. The van der Waals surface area contributed by atoms with E-state index in [1.807, 2.05) is 12.1 Å². The minimum absolute atomic E-state index is 0.0433. The number of carboxylic acid groups (broad SMARTS) is 1. The average Bonchev–Trinajstić information content (AvgIpc) is 2.77. The van der Waals surface area contributed by atoms with Gasteiger partial charge in [-0.05, 0) is 6.07 Å². The van der Waals surface area contributed by atoms with Crippen LogP contribution in [0.3, 0.4) is 0 Å². The Balaban J connectivity index is 2.09. The van der Waals surface area contributed by atoms with Crippen molar-refractivity contribution in [2.24, 2.45) is 0 Å². The van der Waals surface area contributed by atoms with Gasteiger partial charge in [0.2, 0.25) is 11.7 Å². The number of carbonyl (C=O) groups excluding carboxylic acids is 1. The first-order valence-electron chi connectivity index (χ1n) is 6.28. The molecular weight excluding hydrogens is 260 g/mol. The molecule has 6 heteroatoms. The van der Waals surface area contributed by atoms with E-state index in [-0.39, 0.29) is 11.7 Å². The maximum absolute atomic E-state index is 11.2. The number of carboxylic acids is 1. The number of furan rings is 1. The highest BCUT2D eigenvalue weighted by Crippen LogP contribution is 2.25. The maximum atomic E-state index is 11.2. The summed E-state index contributed by atoms with van der Waals surface area (Å²) in [7, 11) is 0. The van der Waals surface area contributed by atoms with E-state index < -0.39 is 5.97 Å². The van der Waals surface area contributed by atoms with Crippen LogP contribution >= 0.6 is 0 Å². The Morgan fingerprint density at radius 1 is 1.25 bits per heavy atom. The van der Waals surface area contributed by atoms with E-state index in [9.17, 15) is 9.59 Å². The van der Waals surface area contributed by atoms with Crippen molar-refractivity contribution < 1.29 is 19.1 Å². The van der Waals surface area contributed by atoms with Crippen molar-refractivity contribution in [1.82, 2.24) is 10.6 Å². The fourth-order valence-corrected chi connectivity index (χ4v) is 1.99. The number of aromatic carboxylic acids is 1. The normalized spacial score (nSPS) is 10.7. The lowest BCUT2D eigenvalue weighted by atomic mass is 10.1. The number of hydrogen-bond acceptors (Lipinski definition) is 4. The number of fused-ring (bicyclic) bond motifs is 1. The highest BCUT2D eigenvalue weighted by atomic mass is 16.4. The van der Waals surface area contributed by atoms with Crippen molar-refractivity contribution in [2.75, 3.05) is 13.1 Å². The van der Waals surface area contributed by atoms with Crippen LogP contribution in [-0.4, -0.2) is 30.1 Å². The summed E-state index contributed by atoms with van der Waals surface area (Å²) in [5.74, 6) is -1.22. The summed E-state index contributed by atoms with van der Waals surface area (Å²) in [6, 6.07) is 7.20. The van der Waals surface area contributed by atoms with Crippen LogP contribution in [0.4, 0.5) is 0 Å². The second kappa shape index (κ2) is 6.21. The largest absolute Gasteiger partial charge is 0.475 e. The lowest BCUT2D eigenvalue weighted by molar-refractivity contribution is -0.118. The molecule has 0 aliphatic rings. The van der Waals surface area contributed by atoms with Gasteiger partial charge in [0.25, 0.3) is 0 Å². The Labute approximate surface area is 115 Å². The number of carbonyl (C=O) groups is 2. The van der Waals surface area contributed by atoms with E-state index in [4.69, 9.17) is 9.52 Å². The molecule has 0 spiro atoms. The molecule has 0 aliphatic heterocycles. The number of benzene rings is 1. The van der Waals surface area contributed by atoms with E-state index in [0.29, 0.717) is 30.8 Å². The topological polar surface area (TPSA) is 91.6 Å². The van der Waals surface area contributed by atoms with Gasteiger partial charge in [-0.15, -0.1) is 0 Å². The Hall–Kier alpha value is -2.34. The fourth-order valence-electron chi connectivity index (χ4n) is 1.99. The molecule has 20 heavy (non-hydrogen) atoms. The Bertz CT molecular complexity index is 633. The van der Waals surface area contributed by atoms with Crippen molar-refractivity contribution >= 4 is 22.8 Å². The van der Waals surface area contributed by atoms with Gasteiger partial charge in [-0.1, -0.05) is 18.2 Å². The second-order valence-corrected chi connectivity index (χ2v) is 4.37. The van der Waals surface area contributed by atoms with E-state index in [0.717, 1.165) is 5.39 Å². The molecule has 0 unspecified atom stereocenters. The van der Waals surface area contributed by atoms with Crippen LogP contribution in [0, 0.1) is 0 Å². The van der Waals surface area contributed by atoms with Crippen molar-refractivity contribution in [1.29, 1.82) is 0 Å².